The minimum Gasteiger partial charge on any atom is -0.395 e. The highest BCUT2D eigenvalue weighted by molar-refractivity contribution is 5.89. The Balaban J connectivity index is 1.47. The molecule has 1 atom stereocenters. The molecule has 2 N–H and O–H groups in total. The fourth-order valence-electron chi connectivity index (χ4n) is 3.09. The van der Waals surface area contributed by atoms with Crippen LogP contribution in [0.3, 0.4) is 0 Å². The third-order valence-corrected chi connectivity index (χ3v) is 4.34. The molecule has 2 amide bonds. The van der Waals surface area contributed by atoms with Crippen molar-refractivity contribution in [3.05, 3.63) is 30.3 Å². The number of benzene rings is 1. The van der Waals surface area contributed by atoms with Gasteiger partial charge >= 0.3 is 6.03 Å². The van der Waals surface area contributed by atoms with Crippen LogP contribution in [0.1, 0.15) is 25.7 Å². The van der Waals surface area contributed by atoms with Crippen LogP contribution in [-0.4, -0.2) is 48.9 Å². The van der Waals surface area contributed by atoms with Crippen molar-refractivity contribution in [3.63, 3.8) is 0 Å². The molecule has 0 bridgehead atoms. The van der Waals surface area contributed by atoms with Crippen LogP contribution in [0.25, 0.3) is 0 Å². The van der Waals surface area contributed by atoms with Crippen LogP contribution in [0, 0.1) is 0 Å². The number of para-hydroxylation sites is 1. The average molecular weight is 316 g/mol. The number of hydrogen-bond acceptors (Lipinski definition) is 4. The van der Waals surface area contributed by atoms with E-state index in [4.69, 9.17) is 4.84 Å². The molecule has 0 radical (unpaired) electrons. The third kappa shape index (κ3) is 4.69. The molecular formula is C17H24N4O2. The first-order chi connectivity index (χ1) is 11.3. The SMILES string of the molecule is O=C(NCC1CCCCN1CC1=NOCC1)Nc1ccccc1. The Morgan fingerprint density at radius 3 is 2.96 bits per heavy atom. The summed E-state index contributed by atoms with van der Waals surface area (Å²) in [5.74, 6) is 0. The molecular weight excluding hydrogens is 292 g/mol. The largest absolute Gasteiger partial charge is 0.395 e. The summed E-state index contributed by atoms with van der Waals surface area (Å²) in [6, 6.07) is 9.72. The number of carbonyl (C=O) groups is 1. The maximum absolute atomic E-state index is 12.0. The lowest BCUT2D eigenvalue weighted by atomic mass is 10.0. The molecule has 0 aliphatic carbocycles. The van der Waals surface area contributed by atoms with Gasteiger partial charge in [0.05, 0.1) is 5.71 Å². The second kappa shape index (κ2) is 7.97. The predicted molar refractivity (Wildman–Crippen MR) is 90.7 cm³/mol. The van der Waals surface area contributed by atoms with Crippen molar-refractivity contribution >= 4 is 17.4 Å². The molecule has 0 aromatic heterocycles. The number of amides is 2. The van der Waals surface area contributed by atoms with E-state index < -0.39 is 0 Å². The van der Waals surface area contributed by atoms with Crippen LogP contribution in [0.4, 0.5) is 10.5 Å². The number of urea groups is 1. The maximum atomic E-state index is 12.0. The number of rotatable bonds is 5. The number of carbonyl (C=O) groups excluding carboxylic acids is 1. The Kier molecular flexibility index (Phi) is 5.47. The van der Waals surface area contributed by atoms with Gasteiger partial charge in [0.2, 0.25) is 0 Å². The fourth-order valence-corrected chi connectivity index (χ4v) is 3.09. The summed E-state index contributed by atoms with van der Waals surface area (Å²) in [6.45, 7) is 3.27. The Morgan fingerprint density at radius 1 is 1.30 bits per heavy atom. The Labute approximate surface area is 136 Å². The summed E-state index contributed by atoms with van der Waals surface area (Å²) in [6.07, 6.45) is 4.46. The van der Waals surface area contributed by atoms with E-state index in [0.717, 1.165) is 37.3 Å². The van der Waals surface area contributed by atoms with Crippen molar-refractivity contribution in [1.82, 2.24) is 10.2 Å². The highest BCUT2D eigenvalue weighted by Gasteiger charge is 2.25. The van der Waals surface area contributed by atoms with E-state index in [1.807, 2.05) is 30.3 Å². The van der Waals surface area contributed by atoms with Gasteiger partial charge in [-0.2, -0.15) is 0 Å². The zero-order valence-electron chi connectivity index (χ0n) is 13.3. The van der Waals surface area contributed by atoms with E-state index in [9.17, 15) is 4.79 Å². The molecule has 1 unspecified atom stereocenters. The Hall–Kier alpha value is -2.08. The number of hydrogen-bond donors (Lipinski definition) is 2. The van der Waals surface area contributed by atoms with E-state index in [0.29, 0.717) is 19.2 Å². The lowest BCUT2D eigenvalue weighted by Gasteiger charge is -2.35. The molecule has 0 saturated carbocycles. The number of nitrogens with zero attached hydrogens (tertiary/aromatic N) is 2. The number of anilines is 1. The Morgan fingerprint density at radius 2 is 2.17 bits per heavy atom. The van der Waals surface area contributed by atoms with Crippen LogP contribution in [-0.2, 0) is 4.84 Å². The quantitative estimate of drug-likeness (QED) is 0.877. The molecule has 124 valence electrons. The zero-order chi connectivity index (χ0) is 15.9. The molecule has 1 saturated heterocycles. The van der Waals surface area contributed by atoms with Crippen molar-refractivity contribution in [1.29, 1.82) is 0 Å². The molecule has 6 nitrogen and oxygen atoms in total. The van der Waals surface area contributed by atoms with Gasteiger partial charge in [-0.3, -0.25) is 4.90 Å². The summed E-state index contributed by atoms with van der Waals surface area (Å²) in [7, 11) is 0. The van der Waals surface area contributed by atoms with Gasteiger partial charge in [-0.25, -0.2) is 4.79 Å². The van der Waals surface area contributed by atoms with Crippen LogP contribution >= 0.6 is 0 Å². The van der Waals surface area contributed by atoms with Crippen LogP contribution < -0.4 is 10.6 Å². The number of piperidine rings is 1. The summed E-state index contributed by atoms with van der Waals surface area (Å²) < 4.78 is 0. The van der Waals surface area contributed by atoms with Gasteiger partial charge < -0.3 is 15.5 Å². The second-order valence-corrected chi connectivity index (χ2v) is 6.06. The van der Waals surface area contributed by atoms with Gasteiger partial charge in [0, 0.05) is 31.2 Å². The highest BCUT2D eigenvalue weighted by Crippen LogP contribution is 2.17. The first-order valence-corrected chi connectivity index (χ1v) is 8.33. The molecule has 0 spiro atoms. The highest BCUT2D eigenvalue weighted by atomic mass is 16.6. The number of oxime groups is 1. The number of likely N-dealkylation sites (tertiary alicyclic amines) is 1. The monoisotopic (exact) mass is 316 g/mol. The van der Waals surface area contributed by atoms with Crippen LogP contribution in [0.15, 0.2) is 35.5 Å². The molecule has 1 aromatic carbocycles. The Bertz CT molecular complexity index is 547. The number of nitrogens with one attached hydrogen (secondary N) is 2. The van der Waals surface area contributed by atoms with E-state index in [1.54, 1.807) is 0 Å². The lowest BCUT2D eigenvalue weighted by Crippen LogP contribution is -2.49. The molecule has 1 aromatic rings. The van der Waals surface area contributed by atoms with Gasteiger partial charge in [0.15, 0.2) is 0 Å². The fraction of sp³-hybridized carbons (Fsp3) is 0.529. The van der Waals surface area contributed by atoms with Crippen molar-refractivity contribution in [3.8, 4) is 0 Å². The summed E-state index contributed by atoms with van der Waals surface area (Å²) in [5.41, 5.74) is 1.92. The van der Waals surface area contributed by atoms with Gasteiger partial charge in [-0.15, -0.1) is 0 Å². The smallest absolute Gasteiger partial charge is 0.319 e. The summed E-state index contributed by atoms with van der Waals surface area (Å²) in [4.78, 5) is 19.5. The molecule has 2 heterocycles. The van der Waals surface area contributed by atoms with E-state index >= 15 is 0 Å². The van der Waals surface area contributed by atoms with Gasteiger partial charge in [0.25, 0.3) is 0 Å². The van der Waals surface area contributed by atoms with Gasteiger partial charge in [-0.05, 0) is 31.5 Å². The molecule has 2 aliphatic heterocycles. The van der Waals surface area contributed by atoms with E-state index in [1.165, 1.54) is 12.8 Å². The zero-order valence-corrected chi connectivity index (χ0v) is 13.3. The minimum atomic E-state index is -0.150. The normalized spacial score (nSPS) is 21.4. The standard InChI is InChI=1S/C17H24N4O2/c22-17(19-14-6-2-1-3-7-14)18-12-16-8-4-5-10-21(16)13-15-9-11-23-20-15/h1-3,6-7,16H,4-5,8-13H2,(H2,18,19,22). The molecule has 6 heteroatoms. The maximum Gasteiger partial charge on any atom is 0.319 e. The molecule has 23 heavy (non-hydrogen) atoms. The van der Waals surface area contributed by atoms with Crippen LogP contribution in [0.5, 0.6) is 0 Å². The topological polar surface area (TPSA) is 66.0 Å². The summed E-state index contributed by atoms with van der Waals surface area (Å²) in [5, 5.41) is 9.94. The van der Waals surface area contributed by atoms with Gasteiger partial charge in [-0.1, -0.05) is 29.8 Å². The average Bonchev–Trinajstić information content (AvgIpc) is 3.08. The summed E-state index contributed by atoms with van der Waals surface area (Å²) >= 11 is 0. The van der Waals surface area contributed by atoms with Crippen molar-refractivity contribution in [2.45, 2.75) is 31.7 Å². The lowest BCUT2D eigenvalue weighted by molar-refractivity contribution is 0.164. The van der Waals surface area contributed by atoms with Gasteiger partial charge in [0.1, 0.15) is 6.61 Å². The first kappa shape index (κ1) is 15.8. The molecule has 2 aliphatic rings. The second-order valence-electron chi connectivity index (χ2n) is 6.06. The molecule has 1 fully saturated rings. The minimum absolute atomic E-state index is 0.150. The first-order valence-electron chi connectivity index (χ1n) is 8.33. The van der Waals surface area contributed by atoms with E-state index in [2.05, 4.69) is 20.7 Å². The van der Waals surface area contributed by atoms with Crippen molar-refractivity contribution in [2.75, 3.05) is 31.6 Å². The molecule has 3 rings (SSSR count). The van der Waals surface area contributed by atoms with Crippen molar-refractivity contribution in [2.24, 2.45) is 5.16 Å². The third-order valence-electron chi connectivity index (χ3n) is 4.34. The van der Waals surface area contributed by atoms with Crippen LogP contribution in [0.2, 0.25) is 0 Å². The predicted octanol–water partition coefficient (Wildman–Crippen LogP) is 2.44. The van der Waals surface area contributed by atoms with E-state index in [-0.39, 0.29) is 6.03 Å². The van der Waals surface area contributed by atoms with Crippen molar-refractivity contribution < 1.29 is 9.63 Å².